The van der Waals surface area contributed by atoms with E-state index < -0.39 is 11.8 Å². The summed E-state index contributed by atoms with van der Waals surface area (Å²) in [5.41, 5.74) is 0.735. The van der Waals surface area contributed by atoms with Gasteiger partial charge < -0.3 is 0 Å². The van der Waals surface area contributed by atoms with Gasteiger partial charge in [0.2, 0.25) is 5.95 Å². The van der Waals surface area contributed by atoms with Crippen molar-refractivity contribution in [1.82, 2.24) is 9.97 Å². The number of rotatable bonds is 1. The smallest absolute Gasteiger partial charge is 0.216 e. The summed E-state index contributed by atoms with van der Waals surface area (Å²) >= 11 is 5.52. The molecule has 2 nitrogen and oxygen atoms in total. The van der Waals surface area contributed by atoms with Crippen molar-refractivity contribution >= 4 is 11.6 Å². The van der Waals surface area contributed by atoms with E-state index in [-0.39, 0.29) is 16.4 Å². The molecule has 0 bridgehead atoms. The molecule has 2 rings (SSSR count). The monoisotopic (exact) mass is 240 g/mol. The van der Waals surface area contributed by atoms with Crippen LogP contribution in [0.1, 0.15) is 5.56 Å². The highest BCUT2D eigenvalue weighted by atomic mass is 35.5. The van der Waals surface area contributed by atoms with Crippen molar-refractivity contribution in [2.24, 2.45) is 0 Å². The molecule has 0 aliphatic carbocycles. The average molecular weight is 241 g/mol. The topological polar surface area (TPSA) is 25.8 Å². The molecule has 0 N–H and O–H groups in total. The first-order chi connectivity index (χ1) is 7.58. The molecule has 2 heterocycles. The van der Waals surface area contributed by atoms with Crippen LogP contribution in [0.2, 0.25) is 5.15 Å². The van der Waals surface area contributed by atoms with Crippen molar-refractivity contribution in [1.29, 1.82) is 0 Å². The van der Waals surface area contributed by atoms with Crippen molar-refractivity contribution in [2.45, 2.75) is 6.92 Å². The van der Waals surface area contributed by atoms with E-state index in [9.17, 15) is 8.78 Å². The van der Waals surface area contributed by atoms with Crippen LogP contribution in [-0.2, 0) is 0 Å². The zero-order chi connectivity index (χ0) is 11.7. The molecule has 0 radical (unpaired) electrons. The van der Waals surface area contributed by atoms with E-state index in [0.717, 1.165) is 6.07 Å². The van der Waals surface area contributed by atoms with Gasteiger partial charge in [-0.25, -0.2) is 14.4 Å². The predicted octanol–water partition coefficient (Wildman–Crippen LogP) is 3.38. The van der Waals surface area contributed by atoms with Crippen molar-refractivity contribution in [3.05, 3.63) is 46.9 Å². The maximum Gasteiger partial charge on any atom is 0.216 e. The van der Waals surface area contributed by atoms with Crippen molar-refractivity contribution in [3.8, 4) is 11.3 Å². The van der Waals surface area contributed by atoms with E-state index in [4.69, 9.17) is 11.6 Å². The first-order valence-corrected chi connectivity index (χ1v) is 4.90. The Balaban J connectivity index is 2.54. The van der Waals surface area contributed by atoms with Gasteiger partial charge in [-0.1, -0.05) is 17.7 Å². The number of aryl methyl sites for hydroxylation is 1. The van der Waals surface area contributed by atoms with Crippen molar-refractivity contribution in [3.63, 3.8) is 0 Å². The van der Waals surface area contributed by atoms with Crippen LogP contribution in [0.25, 0.3) is 11.3 Å². The van der Waals surface area contributed by atoms with Crippen LogP contribution in [0, 0.1) is 18.7 Å². The Morgan fingerprint density at radius 3 is 2.62 bits per heavy atom. The lowest BCUT2D eigenvalue weighted by molar-refractivity contribution is 0.574. The minimum atomic E-state index is -0.619. The van der Waals surface area contributed by atoms with E-state index in [2.05, 4.69) is 9.97 Å². The number of aromatic nitrogens is 2. The quantitative estimate of drug-likeness (QED) is 0.714. The number of halogens is 3. The molecule has 0 aromatic carbocycles. The fraction of sp³-hybridized carbons (Fsp3) is 0.0909. The summed E-state index contributed by atoms with van der Waals surface area (Å²) < 4.78 is 26.7. The lowest BCUT2D eigenvalue weighted by Crippen LogP contribution is -1.94. The molecule has 0 spiro atoms. The number of nitrogens with zero attached hydrogens (tertiary/aromatic N) is 2. The van der Waals surface area contributed by atoms with Gasteiger partial charge in [-0.05, 0) is 13.0 Å². The standard InChI is InChI=1S/C11H7ClF2N2/c1-6-2-3-9(16-11(6)14)7-5-15-10(12)4-8(7)13/h2-5H,1H3. The Morgan fingerprint density at radius 1 is 1.25 bits per heavy atom. The fourth-order valence-electron chi connectivity index (χ4n) is 1.25. The second-order valence-electron chi connectivity index (χ2n) is 3.29. The highest BCUT2D eigenvalue weighted by Gasteiger charge is 2.09. The Bertz CT molecular complexity index is 544. The molecule has 2 aromatic heterocycles. The molecule has 0 aliphatic heterocycles. The summed E-state index contributed by atoms with van der Waals surface area (Å²) in [7, 11) is 0. The molecule has 0 aliphatic rings. The van der Waals surface area contributed by atoms with Gasteiger partial charge in [-0.2, -0.15) is 4.39 Å². The Hall–Kier alpha value is -1.55. The minimum Gasteiger partial charge on any atom is -0.244 e. The molecule has 16 heavy (non-hydrogen) atoms. The van der Waals surface area contributed by atoms with Gasteiger partial charge in [0, 0.05) is 17.8 Å². The Morgan fingerprint density at radius 2 is 2.00 bits per heavy atom. The van der Waals surface area contributed by atoms with Crippen molar-refractivity contribution in [2.75, 3.05) is 0 Å². The van der Waals surface area contributed by atoms with Crippen LogP contribution in [-0.4, -0.2) is 9.97 Å². The zero-order valence-corrected chi connectivity index (χ0v) is 9.09. The molecule has 0 fully saturated rings. The van der Waals surface area contributed by atoms with Crippen LogP contribution in [0.5, 0.6) is 0 Å². The molecule has 0 unspecified atom stereocenters. The zero-order valence-electron chi connectivity index (χ0n) is 8.34. The highest BCUT2D eigenvalue weighted by Crippen LogP contribution is 2.22. The lowest BCUT2D eigenvalue weighted by atomic mass is 10.1. The average Bonchev–Trinajstić information content (AvgIpc) is 2.22. The molecular formula is C11H7ClF2N2. The SMILES string of the molecule is Cc1ccc(-c2cnc(Cl)cc2F)nc1F. The summed E-state index contributed by atoms with van der Waals surface area (Å²) in [4.78, 5) is 7.38. The van der Waals surface area contributed by atoms with E-state index >= 15 is 0 Å². The summed E-state index contributed by atoms with van der Waals surface area (Å²) in [6.07, 6.45) is 1.23. The molecule has 2 aromatic rings. The summed E-state index contributed by atoms with van der Waals surface area (Å²) in [5.74, 6) is -1.19. The number of hydrogen-bond acceptors (Lipinski definition) is 2. The lowest BCUT2D eigenvalue weighted by Gasteiger charge is -2.03. The predicted molar refractivity (Wildman–Crippen MR) is 57.1 cm³/mol. The van der Waals surface area contributed by atoms with Crippen LogP contribution >= 0.6 is 11.6 Å². The maximum atomic E-state index is 13.5. The second kappa shape index (κ2) is 4.14. The van der Waals surface area contributed by atoms with E-state index in [0.29, 0.717) is 5.56 Å². The van der Waals surface area contributed by atoms with Gasteiger partial charge in [0.1, 0.15) is 11.0 Å². The van der Waals surface area contributed by atoms with Gasteiger partial charge in [-0.15, -0.1) is 0 Å². The van der Waals surface area contributed by atoms with Crippen LogP contribution in [0.15, 0.2) is 24.4 Å². The van der Waals surface area contributed by atoms with E-state index in [1.54, 1.807) is 6.92 Å². The normalized spacial score (nSPS) is 10.5. The fourth-order valence-corrected chi connectivity index (χ4v) is 1.39. The maximum absolute atomic E-state index is 13.5. The van der Waals surface area contributed by atoms with Crippen LogP contribution in [0.4, 0.5) is 8.78 Å². The first kappa shape index (κ1) is 11.0. The molecule has 5 heteroatoms. The summed E-state index contributed by atoms with van der Waals surface area (Å²) in [5, 5.41) is 0.0498. The summed E-state index contributed by atoms with van der Waals surface area (Å²) in [6.45, 7) is 1.59. The van der Waals surface area contributed by atoms with E-state index in [1.807, 2.05) is 0 Å². The molecule has 0 amide bonds. The van der Waals surface area contributed by atoms with Crippen LogP contribution in [0.3, 0.4) is 0 Å². The van der Waals surface area contributed by atoms with Crippen molar-refractivity contribution < 1.29 is 8.78 Å². The third-order valence-electron chi connectivity index (χ3n) is 2.13. The number of hydrogen-bond donors (Lipinski definition) is 0. The van der Waals surface area contributed by atoms with Gasteiger partial charge in [0.15, 0.2) is 0 Å². The molecular weight excluding hydrogens is 234 g/mol. The third-order valence-corrected chi connectivity index (χ3v) is 2.34. The molecule has 0 saturated heterocycles. The second-order valence-corrected chi connectivity index (χ2v) is 3.68. The highest BCUT2D eigenvalue weighted by molar-refractivity contribution is 6.29. The van der Waals surface area contributed by atoms with Crippen LogP contribution < -0.4 is 0 Å². The van der Waals surface area contributed by atoms with Gasteiger partial charge >= 0.3 is 0 Å². The minimum absolute atomic E-state index is 0.0498. The number of pyridine rings is 2. The molecule has 82 valence electrons. The largest absolute Gasteiger partial charge is 0.244 e. The summed E-state index contributed by atoms with van der Waals surface area (Å²) in [6, 6.07) is 4.13. The van der Waals surface area contributed by atoms with Gasteiger partial charge in [-0.3, -0.25) is 0 Å². The van der Waals surface area contributed by atoms with Gasteiger partial charge in [0.05, 0.1) is 11.3 Å². The first-order valence-electron chi connectivity index (χ1n) is 4.52. The molecule has 0 saturated carbocycles. The van der Waals surface area contributed by atoms with E-state index in [1.165, 1.54) is 18.3 Å². The Labute approximate surface area is 95.9 Å². The third kappa shape index (κ3) is 2.02. The molecule has 0 atom stereocenters. The van der Waals surface area contributed by atoms with Gasteiger partial charge in [0.25, 0.3) is 0 Å². The Kier molecular flexibility index (Phi) is 2.83.